The van der Waals surface area contributed by atoms with Gasteiger partial charge in [-0.1, -0.05) is 48.5 Å². The Morgan fingerprint density at radius 3 is 2.30 bits per heavy atom. The number of carbonyl (C=O) groups excluding carboxylic acids is 2. The Hall–Kier alpha value is -3.59. The van der Waals surface area contributed by atoms with Gasteiger partial charge in [-0.15, -0.1) is 0 Å². The summed E-state index contributed by atoms with van der Waals surface area (Å²) in [6, 6.07) is 18.1. The average molecular weight is 452 g/mol. The Balaban J connectivity index is 1.31. The first-order chi connectivity index (χ1) is 16.0. The first kappa shape index (κ1) is 22.6. The molecular weight excluding hydrogens is 422 g/mol. The van der Waals surface area contributed by atoms with E-state index in [0.717, 1.165) is 11.3 Å². The van der Waals surface area contributed by atoms with Crippen LogP contribution in [0.4, 0.5) is 10.5 Å². The van der Waals surface area contributed by atoms with Crippen molar-refractivity contribution in [2.45, 2.75) is 31.0 Å². The molecule has 9 nitrogen and oxygen atoms in total. The molecule has 4 N–H and O–H groups in total. The lowest BCUT2D eigenvalue weighted by Gasteiger charge is -2.43. The second kappa shape index (κ2) is 9.91. The maximum absolute atomic E-state index is 12.7. The van der Waals surface area contributed by atoms with Gasteiger partial charge >= 0.3 is 12.0 Å². The van der Waals surface area contributed by atoms with Crippen LogP contribution >= 0.6 is 0 Å². The number of carbonyl (C=O) groups is 3. The number of piperidine rings is 1. The van der Waals surface area contributed by atoms with Gasteiger partial charge in [0.15, 0.2) is 0 Å². The molecule has 33 heavy (non-hydrogen) atoms. The summed E-state index contributed by atoms with van der Waals surface area (Å²) >= 11 is 0. The van der Waals surface area contributed by atoms with Crippen molar-refractivity contribution in [3.63, 3.8) is 0 Å². The fraction of sp³-hybridized carbons (Fsp3) is 0.375. The number of nitrogens with zero attached hydrogens (tertiary/aromatic N) is 2. The van der Waals surface area contributed by atoms with Crippen LogP contribution in [0.15, 0.2) is 60.7 Å². The molecule has 1 atom stereocenters. The van der Waals surface area contributed by atoms with E-state index in [2.05, 4.69) is 20.9 Å². The van der Waals surface area contributed by atoms with Crippen LogP contribution in [0.2, 0.25) is 0 Å². The molecule has 0 aliphatic carbocycles. The predicted molar refractivity (Wildman–Crippen MR) is 124 cm³/mol. The maximum atomic E-state index is 12.7. The number of hydrogen-bond donors (Lipinski definition) is 4. The molecule has 2 aromatic rings. The van der Waals surface area contributed by atoms with Gasteiger partial charge in [0.05, 0.1) is 6.67 Å². The number of para-hydroxylation sites is 1. The minimum absolute atomic E-state index is 0.0116. The number of benzene rings is 2. The lowest BCUT2D eigenvalue weighted by Crippen LogP contribution is -2.59. The summed E-state index contributed by atoms with van der Waals surface area (Å²) in [6.45, 7) is 1.64. The van der Waals surface area contributed by atoms with E-state index in [1.807, 2.05) is 60.7 Å². The molecule has 9 heteroatoms. The van der Waals surface area contributed by atoms with Crippen molar-refractivity contribution in [3.05, 3.63) is 66.2 Å². The quantitative estimate of drug-likeness (QED) is 0.506. The summed E-state index contributed by atoms with van der Waals surface area (Å²) in [6.07, 6.45) is 1.02. The van der Waals surface area contributed by atoms with Gasteiger partial charge in [0, 0.05) is 31.9 Å². The number of carboxylic acids is 1. The van der Waals surface area contributed by atoms with E-state index in [-0.39, 0.29) is 18.5 Å². The number of aliphatic carboxylic acids is 1. The minimum Gasteiger partial charge on any atom is -0.480 e. The third-order valence-corrected chi connectivity index (χ3v) is 6.43. The molecule has 0 aromatic heterocycles. The van der Waals surface area contributed by atoms with Crippen LogP contribution in [-0.4, -0.2) is 65.8 Å². The molecule has 3 amide bonds. The van der Waals surface area contributed by atoms with Crippen molar-refractivity contribution in [1.82, 2.24) is 20.9 Å². The van der Waals surface area contributed by atoms with Crippen molar-refractivity contribution in [3.8, 4) is 0 Å². The Kier molecular flexibility index (Phi) is 6.79. The van der Waals surface area contributed by atoms with Gasteiger partial charge < -0.3 is 25.5 Å². The smallest absolute Gasteiger partial charge is 0.322 e. The van der Waals surface area contributed by atoms with Crippen LogP contribution in [0.3, 0.4) is 0 Å². The Morgan fingerprint density at radius 2 is 1.67 bits per heavy atom. The van der Waals surface area contributed by atoms with Crippen molar-refractivity contribution in [2.24, 2.45) is 0 Å². The number of nitrogens with one attached hydrogen (secondary N) is 3. The SMILES string of the molecule is O=C(O)[C@H](CNC(=O)N1CCC2(CC1)C(=O)NCN2c1ccccc1)NCc1ccccc1. The molecule has 0 bridgehead atoms. The highest BCUT2D eigenvalue weighted by atomic mass is 16.4. The standard InChI is InChI=1S/C24H29N5O4/c30-21(31)20(25-15-18-7-3-1-4-8-18)16-26-23(33)28-13-11-24(12-14-28)22(32)27-17-29(24)19-9-5-2-6-10-19/h1-10,20,25H,11-17H2,(H,26,33)(H,27,32)(H,30,31)/t20-/m0/s1. The molecule has 4 rings (SSSR count). The molecule has 174 valence electrons. The third kappa shape index (κ3) is 4.93. The monoisotopic (exact) mass is 451 g/mol. The van der Waals surface area contributed by atoms with Crippen LogP contribution in [0.1, 0.15) is 18.4 Å². The van der Waals surface area contributed by atoms with Gasteiger partial charge in [-0.2, -0.15) is 0 Å². The van der Waals surface area contributed by atoms with E-state index in [1.54, 1.807) is 4.90 Å². The van der Waals surface area contributed by atoms with Crippen LogP contribution in [0.25, 0.3) is 0 Å². The van der Waals surface area contributed by atoms with E-state index in [1.165, 1.54) is 0 Å². The summed E-state index contributed by atoms with van der Waals surface area (Å²) < 4.78 is 0. The molecule has 2 fully saturated rings. The van der Waals surface area contributed by atoms with Gasteiger partial charge in [0.1, 0.15) is 11.6 Å². The summed E-state index contributed by atoms with van der Waals surface area (Å²) in [4.78, 5) is 40.8. The van der Waals surface area contributed by atoms with Crippen LogP contribution in [-0.2, 0) is 16.1 Å². The Bertz CT molecular complexity index is 977. The van der Waals surface area contributed by atoms with E-state index in [4.69, 9.17) is 0 Å². The zero-order chi connectivity index (χ0) is 23.3. The number of likely N-dealkylation sites (tertiary alicyclic amines) is 1. The topological polar surface area (TPSA) is 114 Å². The summed E-state index contributed by atoms with van der Waals surface area (Å²) in [5.74, 6) is -1.03. The molecule has 0 saturated carbocycles. The van der Waals surface area contributed by atoms with Gasteiger partial charge in [0.2, 0.25) is 5.91 Å². The Labute approximate surface area is 192 Å². The average Bonchev–Trinajstić information content (AvgIpc) is 3.15. The molecule has 1 spiro atoms. The summed E-state index contributed by atoms with van der Waals surface area (Å²) in [7, 11) is 0. The first-order valence-electron chi connectivity index (χ1n) is 11.1. The molecule has 2 aromatic carbocycles. The van der Waals surface area contributed by atoms with Crippen LogP contribution in [0, 0.1) is 0 Å². The molecule has 2 aliphatic rings. The summed E-state index contributed by atoms with van der Waals surface area (Å²) in [5.41, 5.74) is 1.27. The molecule has 2 saturated heterocycles. The van der Waals surface area contributed by atoms with Crippen molar-refractivity contribution >= 4 is 23.6 Å². The fourth-order valence-corrected chi connectivity index (χ4v) is 4.50. The zero-order valence-corrected chi connectivity index (χ0v) is 18.4. The highest BCUT2D eigenvalue weighted by Crippen LogP contribution is 2.36. The van der Waals surface area contributed by atoms with Crippen molar-refractivity contribution in [1.29, 1.82) is 0 Å². The molecule has 2 heterocycles. The number of carboxylic acid groups (broad SMARTS) is 1. The second-order valence-corrected chi connectivity index (χ2v) is 8.39. The van der Waals surface area contributed by atoms with E-state index >= 15 is 0 Å². The predicted octanol–water partition coefficient (Wildman–Crippen LogP) is 1.37. The van der Waals surface area contributed by atoms with Gasteiger partial charge in [-0.25, -0.2) is 4.79 Å². The molecule has 2 aliphatic heterocycles. The summed E-state index contributed by atoms with van der Waals surface area (Å²) in [5, 5.41) is 18.2. The Morgan fingerprint density at radius 1 is 1.03 bits per heavy atom. The first-order valence-corrected chi connectivity index (χ1v) is 11.1. The van der Waals surface area contributed by atoms with Gasteiger partial charge in [-0.3, -0.25) is 14.9 Å². The number of rotatable bonds is 7. The lowest BCUT2D eigenvalue weighted by atomic mass is 9.85. The molecular formula is C24H29N5O4. The minimum atomic E-state index is -1.02. The number of urea groups is 1. The maximum Gasteiger partial charge on any atom is 0.322 e. The largest absolute Gasteiger partial charge is 0.480 e. The fourth-order valence-electron chi connectivity index (χ4n) is 4.50. The number of amides is 3. The molecule has 0 unspecified atom stereocenters. The van der Waals surface area contributed by atoms with Crippen molar-refractivity contribution in [2.75, 3.05) is 31.2 Å². The van der Waals surface area contributed by atoms with Crippen molar-refractivity contribution < 1.29 is 19.5 Å². The van der Waals surface area contributed by atoms with Crippen LogP contribution < -0.4 is 20.9 Å². The van der Waals surface area contributed by atoms with Crippen LogP contribution in [0.5, 0.6) is 0 Å². The normalized spacial score (nSPS) is 18.1. The zero-order valence-electron chi connectivity index (χ0n) is 18.4. The van der Waals surface area contributed by atoms with Gasteiger partial charge in [-0.05, 0) is 30.5 Å². The molecule has 0 radical (unpaired) electrons. The highest BCUT2D eigenvalue weighted by Gasteiger charge is 2.50. The lowest BCUT2D eigenvalue weighted by molar-refractivity contribution is -0.139. The highest BCUT2D eigenvalue weighted by molar-refractivity contribution is 5.93. The number of hydrogen-bond acceptors (Lipinski definition) is 5. The second-order valence-electron chi connectivity index (χ2n) is 8.39. The van der Waals surface area contributed by atoms with E-state index in [9.17, 15) is 19.5 Å². The van der Waals surface area contributed by atoms with E-state index < -0.39 is 17.6 Å². The van der Waals surface area contributed by atoms with E-state index in [0.29, 0.717) is 39.1 Å². The third-order valence-electron chi connectivity index (χ3n) is 6.43. The van der Waals surface area contributed by atoms with Gasteiger partial charge in [0.25, 0.3) is 0 Å². The number of anilines is 1.